The minimum absolute atomic E-state index is 0.0607. The van der Waals surface area contributed by atoms with Crippen molar-refractivity contribution in [3.63, 3.8) is 0 Å². The zero-order valence-corrected chi connectivity index (χ0v) is 17.8. The second-order valence-electron chi connectivity index (χ2n) is 8.69. The van der Waals surface area contributed by atoms with Crippen molar-refractivity contribution >= 4 is 23.4 Å². The Kier molecular flexibility index (Phi) is 4.73. The maximum absolute atomic E-state index is 12.6. The van der Waals surface area contributed by atoms with E-state index in [0.717, 1.165) is 5.56 Å². The van der Waals surface area contributed by atoms with Crippen molar-refractivity contribution in [3.8, 4) is 17.2 Å². The quantitative estimate of drug-likeness (QED) is 0.718. The number of aryl methyl sites for hydroxylation is 1. The highest BCUT2D eigenvalue weighted by Gasteiger charge is 2.69. The first-order valence-electron chi connectivity index (χ1n) is 10.3. The third-order valence-corrected chi connectivity index (χ3v) is 6.55. The van der Waals surface area contributed by atoms with Crippen molar-refractivity contribution in [1.82, 2.24) is 10.6 Å². The summed E-state index contributed by atoms with van der Waals surface area (Å²) in [5.41, 5.74) is 0.381. The van der Waals surface area contributed by atoms with Gasteiger partial charge in [-0.3, -0.25) is 9.59 Å². The number of halogens is 1. The SMILES string of the molecule is Cc1cc(OCC(=O)NC23CC(NC(=O)[C@H]4COc5ccccc5O4)(C2)C3)ccc1Cl. The molecule has 3 aliphatic carbocycles. The van der Waals surface area contributed by atoms with E-state index in [1.54, 1.807) is 24.3 Å². The number of carbonyl (C=O) groups is 2. The topological polar surface area (TPSA) is 85.9 Å². The maximum Gasteiger partial charge on any atom is 0.265 e. The van der Waals surface area contributed by atoms with E-state index >= 15 is 0 Å². The van der Waals surface area contributed by atoms with Crippen LogP contribution in [0.1, 0.15) is 24.8 Å². The van der Waals surface area contributed by atoms with Crippen LogP contribution in [0, 0.1) is 6.92 Å². The van der Waals surface area contributed by atoms with E-state index in [9.17, 15) is 9.59 Å². The van der Waals surface area contributed by atoms with Gasteiger partial charge in [-0.05, 0) is 62.1 Å². The zero-order valence-electron chi connectivity index (χ0n) is 17.1. The van der Waals surface area contributed by atoms with Crippen LogP contribution in [-0.2, 0) is 9.59 Å². The molecule has 3 fully saturated rings. The van der Waals surface area contributed by atoms with Crippen molar-refractivity contribution in [2.75, 3.05) is 13.2 Å². The van der Waals surface area contributed by atoms with E-state index in [1.807, 2.05) is 25.1 Å². The minimum atomic E-state index is -0.675. The Morgan fingerprint density at radius 3 is 2.55 bits per heavy atom. The van der Waals surface area contributed by atoms with Gasteiger partial charge in [0.15, 0.2) is 18.1 Å². The molecule has 2 aromatic rings. The summed E-state index contributed by atoms with van der Waals surface area (Å²) in [5, 5.41) is 6.80. The van der Waals surface area contributed by atoms with Gasteiger partial charge < -0.3 is 24.8 Å². The lowest BCUT2D eigenvalue weighted by Crippen LogP contribution is -2.84. The fourth-order valence-electron chi connectivity index (χ4n) is 4.73. The van der Waals surface area contributed by atoms with Gasteiger partial charge in [0.2, 0.25) is 6.10 Å². The molecule has 2 bridgehead atoms. The Morgan fingerprint density at radius 1 is 1.10 bits per heavy atom. The molecule has 4 aliphatic rings. The summed E-state index contributed by atoms with van der Waals surface area (Å²) >= 11 is 6.00. The van der Waals surface area contributed by atoms with Gasteiger partial charge in [-0.1, -0.05) is 23.7 Å². The number of fused-ring (bicyclic) bond motifs is 1. The average Bonchev–Trinajstić information content (AvgIpc) is 2.71. The third-order valence-electron chi connectivity index (χ3n) is 6.12. The van der Waals surface area contributed by atoms with E-state index in [2.05, 4.69) is 10.6 Å². The molecule has 8 heteroatoms. The number of ether oxygens (including phenoxy) is 3. The predicted molar refractivity (Wildman–Crippen MR) is 114 cm³/mol. The lowest BCUT2D eigenvalue weighted by Gasteiger charge is -2.70. The Labute approximate surface area is 185 Å². The molecule has 7 nitrogen and oxygen atoms in total. The number of rotatable bonds is 6. The second-order valence-corrected chi connectivity index (χ2v) is 9.10. The molecule has 1 aliphatic heterocycles. The molecule has 0 radical (unpaired) electrons. The van der Waals surface area contributed by atoms with Crippen LogP contribution in [0.25, 0.3) is 0 Å². The summed E-state index contributed by atoms with van der Waals surface area (Å²) in [7, 11) is 0. The van der Waals surface area contributed by atoms with E-state index in [-0.39, 0.29) is 36.1 Å². The van der Waals surface area contributed by atoms with Crippen molar-refractivity contribution in [2.24, 2.45) is 0 Å². The lowest BCUT2D eigenvalue weighted by atomic mass is 9.44. The van der Waals surface area contributed by atoms with E-state index in [4.69, 9.17) is 25.8 Å². The number of carbonyl (C=O) groups excluding carboxylic acids is 2. The number of nitrogens with one attached hydrogen (secondary N) is 2. The standard InChI is InChI=1S/C23H23ClN2O5/c1-14-8-15(6-7-16(14)24)29-10-20(27)25-22-11-23(12-22,13-22)26-21(28)19-9-30-17-4-2-3-5-18(17)31-19/h2-8,19H,9-13H2,1H3,(H,25,27)(H,26,28)/t19-,22?,23?/m1/s1. The highest BCUT2D eigenvalue weighted by Crippen LogP contribution is 2.60. The fraction of sp³-hybridized carbons (Fsp3) is 0.391. The van der Waals surface area contributed by atoms with Crippen LogP contribution < -0.4 is 24.8 Å². The molecule has 1 heterocycles. The van der Waals surface area contributed by atoms with Gasteiger partial charge in [0.1, 0.15) is 12.4 Å². The summed E-state index contributed by atoms with van der Waals surface area (Å²) in [5.74, 6) is 1.47. The normalized spacial score (nSPS) is 27.4. The van der Waals surface area contributed by atoms with Crippen molar-refractivity contribution < 1.29 is 23.8 Å². The Morgan fingerprint density at radius 2 is 1.81 bits per heavy atom. The van der Waals surface area contributed by atoms with Gasteiger partial charge in [-0.15, -0.1) is 0 Å². The molecule has 162 valence electrons. The molecular weight excluding hydrogens is 420 g/mol. The highest BCUT2D eigenvalue weighted by atomic mass is 35.5. The first-order valence-corrected chi connectivity index (χ1v) is 10.6. The van der Waals surface area contributed by atoms with Crippen LogP contribution in [0.5, 0.6) is 17.2 Å². The number of amides is 2. The predicted octanol–water partition coefficient (Wildman–Crippen LogP) is 2.77. The first-order chi connectivity index (χ1) is 14.9. The zero-order chi connectivity index (χ0) is 21.6. The number of hydrogen-bond acceptors (Lipinski definition) is 5. The maximum atomic E-state index is 12.6. The molecule has 1 atom stereocenters. The van der Waals surface area contributed by atoms with Gasteiger partial charge in [0, 0.05) is 16.1 Å². The average molecular weight is 443 g/mol. The summed E-state index contributed by atoms with van der Waals surface area (Å²) in [4.78, 5) is 25.0. The van der Waals surface area contributed by atoms with Gasteiger partial charge in [-0.25, -0.2) is 0 Å². The molecule has 2 N–H and O–H groups in total. The van der Waals surface area contributed by atoms with Crippen LogP contribution in [0.2, 0.25) is 5.02 Å². The van der Waals surface area contributed by atoms with E-state index < -0.39 is 6.10 Å². The van der Waals surface area contributed by atoms with Crippen LogP contribution in [0.4, 0.5) is 0 Å². The van der Waals surface area contributed by atoms with E-state index in [0.29, 0.717) is 41.5 Å². The Balaban J connectivity index is 1.08. The van der Waals surface area contributed by atoms with Gasteiger partial charge in [0.25, 0.3) is 11.8 Å². The van der Waals surface area contributed by atoms with Crippen LogP contribution in [-0.4, -0.2) is 42.2 Å². The van der Waals surface area contributed by atoms with E-state index in [1.165, 1.54) is 0 Å². The molecule has 0 unspecified atom stereocenters. The lowest BCUT2D eigenvalue weighted by molar-refractivity contribution is -0.155. The minimum Gasteiger partial charge on any atom is -0.485 e. The summed E-state index contributed by atoms with van der Waals surface area (Å²) in [6.07, 6.45) is 1.45. The number of benzene rings is 2. The molecule has 0 aromatic heterocycles. The molecule has 2 amide bonds. The molecule has 0 spiro atoms. The summed E-state index contributed by atoms with van der Waals surface area (Å²) in [6, 6.07) is 12.6. The van der Waals surface area contributed by atoms with Crippen molar-refractivity contribution in [2.45, 2.75) is 43.4 Å². The molecular formula is C23H23ClN2O5. The molecule has 3 saturated carbocycles. The highest BCUT2D eigenvalue weighted by molar-refractivity contribution is 6.31. The molecule has 0 saturated heterocycles. The van der Waals surface area contributed by atoms with Crippen LogP contribution >= 0.6 is 11.6 Å². The monoisotopic (exact) mass is 442 g/mol. The van der Waals surface area contributed by atoms with Crippen molar-refractivity contribution in [3.05, 3.63) is 53.1 Å². The Hall–Kier alpha value is -2.93. The largest absolute Gasteiger partial charge is 0.485 e. The molecule has 31 heavy (non-hydrogen) atoms. The first kappa shape index (κ1) is 20.0. The van der Waals surface area contributed by atoms with Gasteiger partial charge >= 0.3 is 0 Å². The number of para-hydroxylation sites is 2. The smallest absolute Gasteiger partial charge is 0.265 e. The number of hydrogen-bond donors (Lipinski definition) is 2. The van der Waals surface area contributed by atoms with Gasteiger partial charge in [0.05, 0.1) is 0 Å². The summed E-state index contributed by atoms with van der Waals surface area (Å²) in [6.45, 7) is 2.01. The third kappa shape index (κ3) is 3.78. The summed E-state index contributed by atoms with van der Waals surface area (Å²) < 4.78 is 17.0. The van der Waals surface area contributed by atoms with Gasteiger partial charge in [-0.2, -0.15) is 0 Å². The van der Waals surface area contributed by atoms with Crippen molar-refractivity contribution in [1.29, 1.82) is 0 Å². The molecule has 2 aromatic carbocycles. The van der Waals surface area contributed by atoms with Crippen LogP contribution in [0.3, 0.4) is 0 Å². The van der Waals surface area contributed by atoms with Crippen LogP contribution in [0.15, 0.2) is 42.5 Å². The molecule has 6 rings (SSSR count). The Bertz CT molecular complexity index is 1040. The fourth-order valence-corrected chi connectivity index (χ4v) is 4.85. The second kappa shape index (κ2) is 7.34.